The standard InChI is InChI=1S/C6H12N6O4/c7-11-9-3(1-13)5(15)6(16)4(2-14)10-12-8/h3-6,13-16H,1-2H2. The van der Waals surface area contributed by atoms with Crippen LogP contribution < -0.4 is 0 Å². The molecule has 0 aliphatic rings. The molecule has 0 heterocycles. The van der Waals surface area contributed by atoms with Crippen molar-refractivity contribution < 1.29 is 20.4 Å². The van der Waals surface area contributed by atoms with Crippen molar-refractivity contribution in [3.63, 3.8) is 0 Å². The van der Waals surface area contributed by atoms with Gasteiger partial charge in [0.05, 0.1) is 37.5 Å². The number of rotatable bonds is 7. The van der Waals surface area contributed by atoms with Gasteiger partial charge in [-0.3, -0.25) is 0 Å². The highest BCUT2D eigenvalue weighted by Crippen LogP contribution is 2.10. The van der Waals surface area contributed by atoms with Crippen molar-refractivity contribution in [2.45, 2.75) is 24.3 Å². The maximum atomic E-state index is 9.47. The van der Waals surface area contributed by atoms with Crippen LogP contribution in [0.1, 0.15) is 0 Å². The Morgan fingerprint density at radius 2 is 1.19 bits per heavy atom. The van der Waals surface area contributed by atoms with E-state index in [1.165, 1.54) is 0 Å². The molecule has 10 nitrogen and oxygen atoms in total. The molecule has 0 rings (SSSR count). The van der Waals surface area contributed by atoms with Crippen LogP contribution in [-0.2, 0) is 0 Å². The van der Waals surface area contributed by atoms with Gasteiger partial charge in [-0.2, -0.15) is 0 Å². The Balaban J connectivity index is 4.72. The molecule has 4 unspecified atom stereocenters. The molecule has 4 atom stereocenters. The third-order valence-corrected chi connectivity index (χ3v) is 1.91. The van der Waals surface area contributed by atoms with Gasteiger partial charge in [0, 0.05) is 9.82 Å². The van der Waals surface area contributed by atoms with Crippen LogP contribution in [-0.4, -0.2) is 57.9 Å². The first kappa shape index (κ1) is 14.5. The van der Waals surface area contributed by atoms with Gasteiger partial charge >= 0.3 is 0 Å². The Hall–Kier alpha value is -1.54. The number of aliphatic hydroxyl groups is 4. The summed E-state index contributed by atoms with van der Waals surface area (Å²) in [5.41, 5.74) is 16.2. The molecule has 0 saturated heterocycles. The summed E-state index contributed by atoms with van der Waals surface area (Å²) in [4.78, 5) is 4.74. The normalized spacial score (nSPS) is 17.5. The molecular formula is C6H12N6O4. The van der Waals surface area contributed by atoms with Crippen LogP contribution in [0.3, 0.4) is 0 Å². The summed E-state index contributed by atoms with van der Waals surface area (Å²) in [5, 5.41) is 42.5. The average Bonchev–Trinajstić information content (AvgIpc) is 2.31. The van der Waals surface area contributed by atoms with E-state index in [4.69, 9.17) is 21.3 Å². The van der Waals surface area contributed by atoms with E-state index in [1.54, 1.807) is 0 Å². The predicted octanol–water partition coefficient (Wildman–Crippen LogP) is -0.949. The van der Waals surface area contributed by atoms with Gasteiger partial charge in [0.25, 0.3) is 0 Å². The molecular weight excluding hydrogens is 220 g/mol. The molecule has 0 fully saturated rings. The number of nitrogens with zero attached hydrogens (tertiary/aromatic N) is 6. The van der Waals surface area contributed by atoms with E-state index in [2.05, 4.69) is 20.1 Å². The van der Waals surface area contributed by atoms with Gasteiger partial charge in [-0.05, 0) is 11.1 Å². The van der Waals surface area contributed by atoms with Crippen LogP contribution in [0.15, 0.2) is 10.2 Å². The first-order valence-corrected chi connectivity index (χ1v) is 4.28. The fraction of sp³-hybridized carbons (Fsp3) is 1.00. The van der Waals surface area contributed by atoms with Crippen molar-refractivity contribution >= 4 is 0 Å². The third-order valence-electron chi connectivity index (χ3n) is 1.91. The molecule has 0 aliphatic carbocycles. The minimum atomic E-state index is -1.64. The lowest BCUT2D eigenvalue weighted by atomic mass is 10.0. The molecule has 0 amide bonds. The van der Waals surface area contributed by atoms with Gasteiger partial charge in [0.2, 0.25) is 0 Å². The molecule has 0 aliphatic heterocycles. The van der Waals surface area contributed by atoms with Crippen molar-refractivity contribution in [2.24, 2.45) is 10.2 Å². The van der Waals surface area contributed by atoms with Crippen LogP contribution in [0, 0.1) is 0 Å². The molecule has 4 N–H and O–H groups in total. The predicted molar refractivity (Wildman–Crippen MR) is 52.1 cm³/mol. The second-order valence-electron chi connectivity index (χ2n) is 2.89. The number of aliphatic hydroxyl groups excluding tert-OH is 4. The largest absolute Gasteiger partial charge is 0.396 e. The van der Waals surface area contributed by atoms with Crippen molar-refractivity contribution in [2.75, 3.05) is 13.2 Å². The summed E-state index contributed by atoms with van der Waals surface area (Å²) in [7, 11) is 0. The molecule has 0 spiro atoms. The van der Waals surface area contributed by atoms with Gasteiger partial charge in [-0.25, -0.2) is 0 Å². The number of hydrogen-bond donors (Lipinski definition) is 4. The zero-order chi connectivity index (χ0) is 12.6. The summed E-state index contributed by atoms with van der Waals surface area (Å²) in [6, 6.07) is -2.55. The summed E-state index contributed by atoms with van der Waals surface area (Å²) < 4.78 is 0. The summed E-state index contributed by atoms with van der Waals surface area (Å²) >= 11 is 0. The Kier molecular flexibility index (Phi) is 6.97. The fourth-order valence-corrected chi connectivity index (χ4v) is 1.01. The molecule has 0 aromatic carbocycles. The Bertz CT molecular complexity index is 269. The minimum absolute atomic E-state index is 0.684. The van der Waals surface area contributed by atoms with Crippen LogP contribution in [0.2, 0.25) is 0 Å². The quantitative estimate of drug-likeness (QED) is 0.251. The van der Waals surface area contributed by atoms with E-state index < -0.39 is 37.5 Å². The van der Waals surface area contributed by atoms with Crippen LogP contribution >= 0.6 is 0 Å². The SMILES string of the molecule is [N-]=[N+]=NC(CO)C(O)C(O)C(CO)N=[N+]=[N-]. The smallest absolute Gasteiger partial charge is 0.0911 e. The minimum Gasteiger partial charge on any atom is -0.396 e. The van der Waals surface area contributed by atoms with E-state index in [-0.39, 0.29) is 0 Å². The average molecular weight is 232 g/mol. The molecule has 90 valence electrons. The second kappa shape index (κ2) is 7.71. The van der Waals surface area contributed by atoms with Crippen molar-refractivity contribution in [3.05, 3.63) is 20.9 Å². The lowest BCUT2D eigenvalue weighted by Crippen LogP contribution is -2.45. The molecule has 0 aromatic heterocycles. The van der Waals surface area contributed by atoms with Gasteiger partial charge in [0.1, 0.15) is 0 Å². The maximum absolute atomic E-state index is 9.47. The molecule has 16 heavy (non-hydrogen) atoms. The van der Waals surface area contributed by atoms with Crippen LogP contribution in [0.5, 0.6) is 0 Å². The Morgan fingerprint density at radius 3 is 1.38 bits per heavy atom. The zero-order valence-electron chi connectivity index (χ0n) is 8.20. The monoisotopic (exact) mass is 232 g/mol. The maximum Gasteiger partial charge on any atom is 0.0911 e. The first-order valence-electron chi connectivity index (χ1n) is 4.28. The van der Waals surface area contributed by atoms with E-state index >= 15 is 0 Å². The highest BCUT2D eigenvalue weighted by Gasteiger charge is 2.30. The summed E-state index contributed by atoms with van der Waals surface area (Å²) in [6.45, 7) is -1.37. The van der Waals surface area contributed by atoms with Crippen LogP contribution in [0.4, 0.5) is 0 Å². The van der Waals surface area contributed by atoms with Gasteiger partial charge in [-0.1, -0.05) is 10.2 Å². The van der Waals surface area contributed by atoms with Gasteiger partial charge in [-0.15, -0.1) is 0 Å². The van der Waals surface area contributed by atoms with Crippen LogP contribution in [0.25, 0.3) is 20.9 Å². The van der Waals surface area contributed by atoms with Gasteiger partial charge in [0.15, 0.2) is 0 Å². The van der Waals surface area contributed by atoms with Gasteiger partial charge < -0.3 is 20.4 Å². The zero-order valence-corrected chi connectivity index (χ0v) is 8.20. The fourth-order valence-electron chi connectivity index (χ4n) is 1.01. The third kappa shape index (κ3) is 3.91. The van der Waals surface area contributed by atoms with Crippen molar-refractivity contribution in [1.82, 2.24) is 0 Å². The first-order chi connectivity index (χ1) is 7.62. The Labute approximate surface area is 90.0 Å². The van der Waals surface area contributed by atoms with Crippen molar-refractivity contribution in [1.29, 1.82) is 0 Å². The van der Waals surface area contributed by atoms with Crippen molar-refractivity contribution in [3.8, 4) is 0 Å². The highest BCUT2D eigenvalue weighted by molar-refractivity contribution is 4.88. The topological polar surface area (TPSA) is 178 Å². The number of azide groups is 2. The molecule has 0 bridgehead atoms. The second-order valence-corrected chi connectivity index (χ2v) is 2.89. The van der Waals surface area contributed by atoms with E-state index in [0.717, 1.165) is 0 Å². The molecule has 0 aromatic rings. The Morgan fingerprint density at radius 1 is 0.875 bits per heavy atom. The number of hydrogen-bond acceptors (Lipinski definition) is 6. The molecule has 0 radical (unpaired) electrons. The lowest BCUT2D eigenvalue weighted by Gasteiger charge is -2.25. The highest BCUT2D eigenvalue weighted by atomic mass is 16.3. The van der Waals surface area contributed by atoms with E-state index in [1.807, 2.05) is 0 Å². The molecule has 0 saturated carbocycles. The summed E-state index contributed by atoms with van der Waals surface area (Å²) in [6.07, 6.45) is -3.27. The molecule has 10 heteroatoms. The summed E-state index contributed by atoms with van der Waals surface area (Å²) in [5.74, 6) is 0. The van der Waals surface area contributed by atoms with E-state index in [0.29, 0.717) is 0 Å². The lowest BCUT2D eigenvalue weighted by molar-refractivity contribution is -0.0280. The van der Waals surface area contributed by atoms with E-state index in [9.17, 15) is 10.2 Å².